The lowest BCUT2D eigenvalue weighted by molar-refractivity contribution is -0.110. The Balaban J connectivity index is 0.000000824. The summed E-state index contributed by atoms with van der Waals surface area (Å²) in [6.45, 7) is 11.8. The van der Waals surface area contributed by atoms with Crippen molar-refractivity contribution in [2.45, 2.75) is 46.6 Å². The Morgan fingerprint density at radius 3 is 2.43 bits per heavy atom. The zero-order valence-corrected chi connectivity index (χ0v) is 23.6. The number of rotatable bonds is 10. The third kappa shape index (κ3) is 17.8. The van der Waals surface area contributed by atoms with Gasteiger partial charge < -0.3 is 26.2 Å². The van der Waals surface area contributed by atoms with Gasteiger partial charge >= 0.3 is 0 Å². The Hall–Kier alpha value is -2.23. The van der Waals surface area contributed by atoms with Crippen LogP contribution in [0.15, 0.2) is 59.0 Å². The normalized spacial score (nSPS) is 19.0. The van der Waals surface area contributed by atoms with Crippen LogP contribution in [0.3, 0.4) is 0 Å². The van der Waals surface area contributed by atoms with Gasteiger partial charge in [-0.15, -0.1) is 0 Å². The quantitative estimate of drug-likeness (QED) is 0.215. The molecule has 5 N–H and O–H groups in total. The first-order chi connectivity index (χ1) is 17.3. The van der Waals surface area contributed by atoms with E-state index >= 15 is 0 Å². The summed E-state index contributed by atoms with van der Waals surface area (Å²) in [6.07, 6.45) is 4.72. The molecular formula is C27H40Cl2FN3O4. The molecule has 2 amide bonds. The fraction of sp³-hybridized carbons (Fsp3) is 0.481. The average molecular weight is 561 g/mol. The molecule has 10 heteroatoms. The molecule has 3 atom stereocenters. The molecule has 2 rings (SSSR count). The van der Waals surface area contributed by atoms with E-state index in [1.807, 2.05) is 30.3 Å². The van der Waals surface area contributed by atoms with Crippen molar-refractivity contribution < 1.29 is 24.2 Å². The summed E-state index contributed by atoms with van der Waals surface area (Å²) in [6, 6.07) is 7.72. The van der Waals surface area contributed by atoms with Crippen LogP contribution in [-0.4, -0.2) is 55.4 Å². The van der Waals surface area contributed by atoms with Crippen LogP contribution in [0.1, 0.15) is 46.1 Å². The van der Waals surface area contributed by atoms with Crippen molar-refractivity contribution in [2.24, 2.45) is 11.3 Å². The number of hydrogen-bond acceptors (Lipinski definition) is 5. The molecule has 37 heavy (non-hydrogen) atoms. The molecule has 0 aromatic heterocycles. The van der Waals surface area contributed by atoms with Crippen molar-refractivity contribution in [3.8, 4) is 0 Å². The highest BCUT2D eigenvalue weighted by atomic mass is 35.5. The molecule has 1 aliphatic rings. The molecule has 1 aromatic carbocycles. The molecule has 0 radical (unpaired) electrons. The zero-order chi connectivity index (χ0) is 28.4. The smallest absolute Gasteiger partial charge is 0.211 e. The Morgan fingerprint density at radius 1 is 1.24 bits per heavy atom. The van der Waals surface area contributed by atoms with Crippen LogP contribution in [0.5, 0.6) is 0 Å². The predicted molar refractivity (Wildman–Crippen MR) is 149 cm³/mol. The average Bonchev–Trinajstić information content (AvgIpc) is 3.29. The van der Waals surface area contributed by atoms with Gasteiger partial charge in [0.05, 0.1) is 17.7 Å². The lowest BCUT2D eigenvalue weighted by Crippen LogP contribution is -2.28. The molecule has 1 heterocycles. The molecule has 1 unspecified atom stereocenters. The van der Waals surface area contributed by atoms with Gasteiger partial charge in [0.15, 0.2) is 0 Å². The summed E-state index contributed by atoms with van der Waals surface area (Å²) >= 11 is 12.0. The maximum atomic E-state index is 14.1. The number of carbonyl (C=O) groups is 2. The van der Waals surface area contributed by atoms with E-state index in [4.69, 9.17) is 33.4 Å². The lowest BCUT2D eigenvalue weighted by atomic mass is 9.88. The molecule has 1 aliphatic heterocycles. The van der Waals surface area contributed by atoms with Crippen molar-refractivity contribution in [3.05, 3.63) is 69.6 Å². The Morgan fingerprint density at radius 2 is 1.89 bits per heavy atom. The lowest BCUT2D eigenvalue weighted by Gasteiger charge is -2.15. The molecule has 1 aromatic rings. The summed E-state index contributed by atoms with van der Waals surface area (Å²) in [4.78, 5) is 19.8. The van der Waals surface area contributed by atoms with E-state index in [9.17, 15) is 14.0 Å². The van der Waals surface area contributed by atoms with Crippen LogP contribution in [0.2, 0.25) is 5.02 Å². The van der Waals surface area contributed by atoms with Crippen molar-refractivity contribution in [2.75, 3.05) is 26.2 Å². The minimum Gasteiger partial charge on any atom is -0.394 e. The van der Waals surface area contributed by atoms with Gasteiger partial charge in [0.2, 0.25) is 12.8 Å². The van der Waals surface area contributed by atoms with Crippen LogP contribution < -0.4 is 16.0 Å². The standard InChI is InChI=1S/C18H19Cl2FN2O.C5H12.C4H9NO3/c1-12(23-11-24)7-17(20)18(21)6-5-14-9-22-10-16(14)13-3-2-4-15(19)8-13;1-5(2,3)4;6-2-4(8)1-5-3-7/h2-8,11,14,16,22H,9-10H2,1H3,(H,23,24);1-4H3;3-4,6,8H,1-2H2,(H,5,7)/b6-5+,12-7+,18-17-;;/t14-,16-;;/m1../s1. The van der Waals surface area contributed by atoms with E-state index < -0.39 is 11.9 Å². The summed E-state index contributed by atoms with van der Waals surface area (Å²) in [7, 11) is 0. The van der Waals surface area contributed by atoms with Crippen molar-refractivity contribution >= 4 is 36.0 Å². The van der Waals surface area contributed by atoms with Crippen molar-refractivity contribution in [1.29, 1.82) is 0 Å². The molecule has 1 fully saturated rings. The van der Waals surface area contributed by atoms with E-state index in [0.29, 0.717) is 29.0 Å². The Kier molecular flexibility index (Phi) is 17.8. The third-order valence-electron chi connectivity index (χ3n) is 4.53. The first-order valence-corrected chi connectivity index (χ1v) is 12.6. The largest absolute Gasteiger partial charge is 0.394 e. The highest BCUT2D eigenvalue weighted by molar-refractivity contribution is 6.31. The van der Waals surface area contributed by atoms with Gasteiger partial charge in [-0.1, -0.05) is 69.1 Å². The Bertz CT molecular complexity index is 911. The number of aliphatic hydroxyl groups excluding tert-OH is 2. The topological polar surface area (TPSA) is 111 Å². The monoisotopic (exact) mass is 559 g/mol. The zero-order valence-electron chi connectivity index (χ0n) is 22.1. The van der Waals surface area contributed by atoms with Gasteiger partial charge in [-0.25, -0.2) is 4.39 Å². The van der Waals surface area contributed by atoms with Gasteiger partial charge in [0, 0.05) is 36.3 Å². The maximum Gasteiger partial charge on any atom is 0.211 e. The third-order valence-corrected chi connectivity index (χ3v) is 5.06. The number of aliphatic hydroxyl groups is 2. The summed E-state index contributed by atoms with van der Waals surface area (Å²) < 4.78 is 14.1. The van der Waals surface area contributed by atoms with Gasteiger partial charge in [-0.05, 0) is 48.1 Å². The number of nitrogens with one attached hydrogen (secondary N) is 3. The highest BCUT2D eigenvalue weighted by Crippen LogP contribution is 2.31. The van der Waals surface area contributed by atoms with Crippen LogP contribution in [0.4, 0.5) is 4.39 Å². The first-order valence-electron chi connectivity index (χ1n) is 11.9. The van der Waals surface area contributed by atoms with E-state index in [-0.39, 0.29) is 30.0 Å². The van der Waals surface area contributed by atoms with Crippen LogP contribution in [0, 0.1) is 11.3 Å². The summed E-state index contributed by atoms with van der Waals surface area (Å²) in [5, 5.41) is 25.2. The SMILES string of the molecule is CC(C)(C)C.C\C(=C/C(Cl)=C(F)\C=C\[C@@H]1CNC[C@@H]1c1cccc(Cl)c1)NC=O.O=CNCC(O)CO. The molecule has 0 aliphatic carbocycles. The second-order valence-corrected chi connectivity index (χ2v) is 10.8. The highest BCUT2D eigenvalue weighted by Gasteiger charge is 2.26. The van der Waals surface area contributed by atoms with E-state index in [1.54, 1.807) is 6.92 Å². The number of amides is 2. The van der Waals surface area contributed by atoms with Crippen LogP contribution in [-0.2, 0) is 9.59 Å². The molecule has 208 valence electrons. The molecule has 0 bridgehead atoms. The number of carbonyl (C=O) groups excluding carboxylic acids is 2. The van der Waals surface area contributed by atoms with Crippen molar-refractivity contribution in [3.63, 3.8) is 0 Å². The van der Waals surface area contributed by atoms with Gasteiger partial charge in [-0.2, -0.15) is 0 Å². The Labute approximate surface area is 229 Å². The van der Waals surface area contributed by atoms with Gasteiger partial charge in [0.25, 0.3) is 0 Å². The fourth-order valence-electron chi connectivity index (χ4n) is 2.93. The molecule has 7 nitrogen and oxygen atoms in total. The molecule has 1 saturated heterocycles. The summed E-state index contributed by atoms with van der Waals surface area (Å²) in [5.74, 6) is -0.155. The van der Waals surface area contributed by atoms with E-state index in [2.05, 4.69) is 43.6 Å². The number of allylic oxidation sites excluding steroid dienone is 5. The van der Waals surface area contributed by atoms with E-state index in [1.165, 1.54) is 12.2 Å². The predicted octanol–water partition coefficient (Wildman–Crippen LogP) is 4.41. The minimum atomic E-state index is -0.833. The van der Waals surface area contributed by atoms with Crippen LogP contribution >= 0.6 is 23.2 Å². The minimum absolute atomic E-state index is 0.0524. The fourth-order valence-corrected chi connectivity index (χ4v) is 3.36. The molecule has 0 spiro atoms. The van der Waals surface area contributed by atoms with Gasteiger partial charge in [0.1, 0.15) is 5.83 Å². The summed E-state index contributed by atoms with van der Waals surface area (Å²) in [5.41, 5.74) is 2.10. The second kappa shape index (κ2) is 18.9. The number of benzene rings is 1. The van der Waals surface area contributed by atoms with Crippen molar-refractivity contribution in [1.82, 2.24) is 16.0 Å². The van der Waals surface area contributed by atoms with E-state index in [0.717, 1.165) is 18.7 Å². The maximum absolute atomic E-state index is 14.1. The van der Waals surface area contributed by atoms with Gasteiger partial charge in [-0.3, -0.25) is 9.59 Å². The second-order valence-electron chi connectivity index (χ2n) is 9.99. The first kappa shape index (κ1) is 34.8. The number of hydrogen-bond donors (Lipinski definition) is 5. The molecular weight excluding hydrogens is 520 g/mol. The molecule has 0 saturated carbocycles. The van der Waals surface area contributed by atoms with Crippen LogP contribution in [0.25, 0.3) is 0 Å². The number of halogens is 3.